The highest BCUT2D eigenvalue weighted by Gasteiger charge is 2.35. The minimum absolute atomic E-state index is 0.0184. The van der Waals surface area contributed by atoms with Crippen LogP contribution in [-0.4, -0.2) is 30.6 Å². The Morgan fingerprint density at radius 2 is 1.85 bits per heavy atom. The fraction of sp³-hybridized carbons (Fsp3) is 0.647. The van der Waals surface area contributed by atoms with Crippen LogP contribution in [0.4, 0.5) is 0 Å². The molecule has 0 heterocycles. The van der Waals surface area contributed by atoms with Crippen molar-refractivity contribution in [1.29, 1.82) is 0 Å². The molecule has 0 aliphatic heterocycles. The van der Waals surface area contributed by atoms with Crippen molar-refractivity contribution >= 4 is 0 Å². The summed E-state index contributed by atoms with van der Waals surface area (Å²) in [6.07, 6.45) is 5.92. The number of phenols is 1. The van der Waals surface area contributed by atoms with E-state index < -0.39 is 0 Å². The first-order valence-electron chi connectivity index (χ1n) is 7.66. The number of hydrogen-bond acceptors (Lipinski definition) is 3. The molecule has 1 saturated carbocycles. The van der Waals surface area contributed by atoms with Gasteiger partial charge in [-0.15, -0.1) is 0 Å². The van der Waals surface area contributed by atoms with Crippen molar-refractivity contribution in [2.75, 3.05) is 20.6 Å². The highest BCUT2D eigenvalue weighted by Crippen LogP contribution is 2.44. The summed E-state index contributed by atoms with van der Waals surface area (Å²) in [5, 5.41) is 10.7. The zero-order chi connectivity index (χ0) is 14.8. The molecular formula is C17H28N2O. The van der Waals surface area contributed by atoms with E-state index in [4.69, 9.17) is 5.73 Å². The largest absolute Gasteiger partial charge is 0.507 e. The summed E-state index contributed by atoms with van der Waals surface area (Å²) in [5.74, 6) is 0.469. The third kappa shape index (κ3) is 2.99. The van der Waals surface area contributed by atoms with Gasteiger partial charge in [-0.1, -0.05) is 37.0 Å². The molecular weight excluding hydrogens is 248 g/mol. The van der Waals surface area contributed by atoms with E-state index in [1.165, 1.54) is 24.8 Å². The van der Waals surface area contributed by atoms with E-state index in [0.717, 1.165) is 30.5 Å². The van der Waals surface area contributed by atoms with Gasteiger partial charge >= 0.3 is 0 Å². The number of aromatic hydroxyl groups is 1. The zero-order valence-electron chi connectivity index (χ0n) is 13.1. The molecule has 0 unspecified atom stereocenters. The van der Waals surface area contributed by atoms with Gasteiger partial charge in [0.2, 0.25) is 0 Å². The topological polar surface area (TPSA) is 49.5 Å². The molecule has 0 bridgehead atoms. The maximum absolute atomic E-state index is 10.7. The monoisotopic (exact) mass is 276 g/mol. The maximum Gasteiger partial charge on any atom is 0.123 e. The van der Waals surface area contributed by atoms with Gasteiger partial charge in [-0.05, 0) is 33.9 Å². The molecule has 3 N–H and O–H groups in total. The number of aryl methyl sites for hydroxylation is 1. The third-order valence-corrected chi connectivity index (χ3v) is 4.59. The van der Waals surface area contributed by atoms with Crippen molar-refractivity contribution in [1.82, 2.24) is 4.90 Å². The summed E-state index contributed by atoms with van der Waals surface area (Å²) < 4.78 is 0. The number of rotatable bonds is 4. The smallest absolute Gasteiger partial charge is 0.123 e. The van der Waals surface area contributed by atoms with E-state index in [0.29, 0.717) is 12.3 Å². The average Bonchev–Trinajstić information content (AvgIpc) is 2.42. The van der Waals surface area contributed by atoms with Crippen LogP contribution in [0.15, 0.2) is 12.1 Å². The lowest BCUT2D eigenvalue weighted by atomic mass is 9.68. The minimum atomic E-state index is -0.0184. The Kier molecular flexibility index (Phi) is 4.71. The van der Waals surface area contributed by atoms with Crippen molar-refractivity contribution in [3.63, 3.8) is 0 Å². The molecule has 3 heteroatoms. The second-order valence-electron chi connectivity index (χ2n) is 6.60. The van der Waals surface area contributed by atoms with Crippen molar-refractivity contribution in [3.05, 3.63) is 28.8 Å². The van der Waals surface area contributed by atoms with Gasteiger partial charge in [-0.3, -0.25) is 0 Å². The van der Waals surface area contributed by atoms with Crippen LogP contribution < -0.4 is 5.73 Å². The molecule has 1 fully saturated rings. The zero-order valence-corrected chi connectivity index (χ0v) is 13.1. The van der Waals surface area contributed by atoms with Gasteiger partial charge in [0.15, 0.2) is 0 Å². The first-order chi connectivity index (χ1) is 9.48. The fourth-order valence-corrected chi connectivity index (χ4v) is 3.53. The van der Waals surface area contributed by atoms with Gasteiger partial charge in [-0.25, -0.2) is 0 Å². The summed E-state index contributed by atoms with van der Waals surface area (Å²) in [6.45, 7) is 3.50. The van der Waals surface area contributed by atoms with E-state index in [1.54, 1.807) is 0 Å². The molecule has 0 amide bonds. The predicted molar refractivity (Wildman–Crippen MR) is 84.1 cm³/mol. The van der Waals surface area contributed by atoms with Gasteiger partial charge in [0, 0.05) is 29.6 Å². The van der Waals surface area contributed by atoms with Gasteiger partial charge in [0.05, 0.1) is 0 Å². The van der Waals surface area contributed by atoms with Crippen LogP contribution in [0.5, 0.6) is 5.75 Å². The van der Waals surface area contributed by atoms with Crippen LogP contribution >= 0.6 is 0 Å². The molecule has 3 nitrogen and oxygen atoms in total. The summed E-state index contributed by atoms with van der Waals surface area (Å²) in [7, 11) is 4.06. The van der Waals surface area contributed by atoms with Gasteiger partial charge in [0.25, 0.3) is 0 Å². The SMILES string of the molecule is Cc1cc(CN(C)C)c(O)c(C2(CN)CCCCC2)c1. The van der Waals surface area contributed by atoms with Crippen molar-refractivity contribution < 1.29 is 5.11 Å². The molecule has 0 spiro atoms. The Hall–Kier alpha value is -1.06. The van der Waals surface area contributed by atoms with E-state index in [1.807, 2.05) is 14.1 Å². The molecule has 0 saturated heterocycles. The first kappa shape index (κ1) is 15.3. The average molecular weight is 276 g/mol. The number of phenolic OH excluding ortho intramolecular Hbond substituents is 1. The Labute approximate surface area is 122 Å². The molecule has 20 heavy (non-hydrogen) atoms. The van der Waals surface area contributed by atoms with E-state index in [2.05, 4.69) is 24.0 Å². The normalized spacial score (nSPS) is 18.4. The lowest BCUT2D eigenvalue weighted by Crippen LogP contribution is -2.37. The van der Waals surface area contributed by atoms with Crippen LogP contribution in [0.25, 0.3) is 0 Å². The Morgan fingerprint density at radius 3 is 2.40 bits per heavy atom. The van der Waals surface area contributed by atoms with Crippen LogP contribution in [0.1, 0.15) is 48.8 Å². The molecule has 112 valence electrons. The van der Waals surface area contributed by atoms with E-state index in [-0.39, 0.29) is 5.41 Å². The number of benzene rings is 1. The van der Waals surface area contributed by atoms with E-state index >= 15 is 0 Å². The minimum Gasteiger partial charge on any atom is -0.507 e. The molecule has 2 rings (SSSR count). The van der Waals surface area contributed by atoms with Crippen molar-refractivity contribution in [2.24, 2.45) is 5.73 Å². The third-order valence-electron chi connectivity index (χ3n) is 4.59. The standard InChI is InChI=1S/C17H28N2O/c1-13-9-14(11-19(2)3)16(20)15(10-13)17(12-18)7-5-4-6-8-17/h9-10,20H,4-8,11-12,18H2,1-3H3. The predicted octanol–water partition coefficient (Wildman–Crippen LogP) is 2.92. The fourth-order valence-electron chi connectivity index (χ4n) is 3.53. The molecule has 0 radical (unpaired) electrons. The molecule has 1 aromatic rings. The number of hydrogen-bond donors (Lipinski definition) is 2. The highest BCUT2D eigenvalue weighted by atomic mass is 16.3. The van der Waals surface area contributed by atoms with Crippen LogP contribution in [0, 0.1) is 6.92 Å². The first-order valence-corrected chi connectivity index (χ1v) is 7.66. The number of nitrogens with two attached hydrogens (primary N) is 1. The van der Waals surface area contributed by atoms with E-state index in [9.17, 15) is 5.11 Å². The maximum atomic E-state index is 10.7. The van der Waals surface area contributed by atoms with Crippen molar-refractivity contribution in [2.45, 2.75) is 51.0 Å². The summed E-state index contributed by atoms with van der Waals surface area (Å²) >= 11 is 0. The molecule has 0 aromatic heterocycles. The Balaban J connectivity index is 2.46. The highest BCUT2D eigenvalue weighted by molar-refractivity contribution is 5.48. The van der Waals surface area contributed by atoms with Gasteiger partial charge in [-0.2, -0.15) is 0 Å². The molecule has 1 aromatic carbocycles. The van der Waals surface area contributed by atoms with Crippen LogP contribution in [0.3, 0.4) is 0 Å². The Morgan fingerprint density at radius 1 is 1.20 bits per heavy atom. The summed E-state index contributed by atoms with van der Waals surface area (Å²) in [4.78, 5) is 2.09. The molecule has 1 aliphatic carbocycles. The van der Waals surface area contributed by atoms with Crippen LogP contribution in [0.2, 0.25) is 0 Å². The molecule has 0 atom stereocenters. The Bertz CT molecular complexity index is 462. The van der Waals surface area contributed by atoms with Crippen LogP contribution in [-0.2, 0) is 12.0 Å². The quantitative estimate of drug-likeness (QED) is 0.889. The lowest BCUT2D eigenvalue weighted by molar-refractivity contribution is 0.288. The second kappa shape index (κ2) is 6.15. The second-order valence-corrected chi connectivity index (χ2v) is 6.60. The summed E-state index contributed by atoms with van der Waals surface area (Å²) in [5.41, 5.74) is 9.41. The van der Waals surface area contributed by atoms with Crippen molar-refractivity contribution in [3.8, 4) is 5.75 Å². The van der Waals surface area contributed by atoms with Gasteiger partial charge < -0.3 is 15.7 Å². The number of nitrogens with zero attached hydrogens (tertiary/aromatic N) is 1. The van der Waals surface area contributed by atoms with Gasteiger partial charge in [0.1, 0.15) is 5.75 Å². The lowest BCUT2D eigenvalue weighted by Gasteiger charge is -2.38. The molecule has 1 aliphatic rings. The summed E-state index contributed by atoms with van der Waals surface area (Å²) in [6, 6.07) is 4.23.